The number of Topliss-reactive ketones (excluding diaryl/α,β-unsaturated/α-hetero) is 2. The summed E-state index contributed by atoms with van der Waals surface area (Å²) >= 11 is 0. The molecule has 4 atom stereocenters. The number of hydrogen-bond donors (Lipinski definition) is 3. The van der Waals surface area contributed by atoms with Gasteiger partial charge in [-0.15, -0.1) is 0 Å². The van der Waals surface area contributed by atoms with Gasteiger partial charge in [0.15, 0.2) is 11.6 Å². The Bertz CT molecular complexity index is 1420. The second kappa shape index (κ2) is 11.9. The van der Waals surface area contributed by atoms with E-state index in [2.05, 4.69) is 0 Å². The standard InChI is InChI=1S/C31H33FN2O6/c1-18-23(11-6-12-25(18)32)27-24(29(37)19-7-4-9-21(35)15-19)17-34(31(39)40)26(13-14-33(2)3)28(27)30(38)20-8-5-10-22(36)16-20/h4-12,15-16,24,26-28,35-36H,13-14,17H2,1-3H3,(H,39,40)/t24-,26+,27+,28+/m0/s1. The first-order valence-corrected chi connectivity index (χ1v) is 13.1. The van der Waals surface area contributed by atoms with E-state index in [1.165, 1.54) is 60.7 Å². The number of benzene rings is 3. The Hall–Kier alpha value is -4.24. The van der Waals surface area contributed by atoms with Crippen molar-refractivity contribution >= 4 is 17.7 Å². The molecule has 1 heterocycles. The van der Waals surface area contributed by atoms with Crippen LogP contribution in [0.25, 0.3) is 0 Å². The van der Waals surface area contributed by atoms with E-state index in [-0.39, 0.29) is 41.2 Å². The average molecular weight is 549 g/mol. The zero-order valence-corrected chi connectivity index (χ0v) is 22.6. The molecular formula is C31H33FN2O6. The number of ketones is 2. The van der Waals surface area contributed by atoms with Gasteiger partial charge in [-0.1, -0.05) is 36.4 Å². The van der Waals surface area contributed by atoms with Crippen molar-refractivity contribution in [3.05, 3.63) is 94.8 Å². The fraction of sp³-hybridized carbons (Fsp3) is 0.323. The SMILES string of the molecule is Cc1c(F)cccc1[C@H]1[C@H](C(=O)c2cccc(O)c2)[C@@H](CCN(C)C)N(C(=O)O)C[C@@H]1C(=O)c1cccc(O)c1. The molecule has 40 heavy (non-hydrogen) atoms. The number of nitrogens with zero attached hydrogens (tertiary/aromatic N) is 2. The topological polar surface area (TPSA) is 118 Å². The number of amides is 1. The first kappa shape index (κ1) is 28.8. The second-order valence-corrected chi connectivity index (χ2v) is 10.5. The number of rotatable bonds is 8. The molecule has 0 spiro atoms. The molecule has 1 aliphatic heterocycles. The highest BCUT2D eigenvalue weighted by atomic mass is 19.1. The number of hydrogen-bond acceptors (Lipinski definition) is 6. The molecule has 3 aromatic carbocycles. The van der Waals surface area contributed by atoms with Crippen molar-refractivity contribution in [2.75, 3.05) is 27.2 Å². The van der Waals surface area contributed by atoms with Gasteiger partial charge in [0.2, 0.25) is 0 Å². The fourth-order valence-corrected chi connectivity index (χ4v) is 5.79. The number of likely N-dealkylation sites (tertiary alicyclic amines) is 1. The first-order chi connectivity index (χ1) is 19.0. The van der Waals surface area contributed by atoms with E-state index in [4.69, 9.17) is 0 Å². The van der Waals surface area contributed by atoms with Gasteiger partial charge < -0.3 is 25.1 Å². The highest BCUT2D eigenvalue weighted by Gasteiger charge is 2.51. The Kier molecular flexibility index (Phi) is 8.54. The van der Waals surface area contributed by atoms with Gasteiger partial charge in [-0.2, -0.15) is 0 Å². The van der Waals surface area contributed by atoms with Gasteiger partial charge >= 0.3 is 6.09 Å². The molecule has 1 fully saturated rings. The van der Waals surface area contributed by atoms with Crippen LogP contribution < -0.4 is 0 Å². The zero-order chi connectivity index (χ0) is 29.1. The van der Waals surface area contributed by atoms with Gasteiger partial charge in [0.25, 0.3) is 0 Å². The summed E-state index contributed by atoms with van der Waals surface area (Å²) in [4.78, 5) is 44.0. The Labute approximate surface area is 232 Å². The molecular weight excluding hydrogens is 515 g/mol. The molecule has 0 saturated carbocycles. The highest BCUT2D eigenvalue weighted by molar-refractivity contribution is 6.03. The summed E-state index contributed by atoms with van der Waals surface area (Å²) in [5.41, 5.74) is 1.03. The van der Waals surface area contributed by atoms with Crippen molar-refractivity contribution in [1.82, 2.24) is 9.80 Å². The van der Waals surface area contributed by atoms with Crippen molar-refractivity contribution in [2.24, 2.45) is 11.8 Å². The zero-order valence-electron chi connectivity index (χ0n) is 22.6. The fourth-order valence-electron chi connectivity index (χ4n) is 5.79. The lowest BCUT2D eigenvalue weighted by atomic mass is 9.64. The molecule has 1 aliphatic rings. The van der Waals surface area contributed by atoms with Crippen LogP contribution in [0.3, 0.4) is 0 Å². The number of aromatic hydroxyl groups is 2. The Morgan fingerprint density at radius 3 is 2.05 bits per heavy atom. The molecule has 210 valence electrons. The molecule has 0 bridgehead atoms. The van der Waals surface area contributed by atoms with Crippen molar-refractivity contribution in [3.63, 3.8) is 0 Å². The van der Waals surface area contributed by atoms with E-state index in [0.717, 1.165) is 4.90 Å². The van der Waals surface area contributed by atoms with E-state index in [1.54, 1.807) is 13.0 Å². The Balaban J connectivity index is 1.97. The minimum absolute atomic E-state index is 0.132. The Morgan fingerprint density at radius 1 is 0.925 bits per heavy atom. The number of phenolic OH excluding ortho intramolecular Hbond substituents is 2. The van der Waals surface area contributed by atoms with Crippen LogP contribution in [0, 0.1) is 24.6 Å². The smallest absolute Gasteiger partial charge is 0.407 e. The maximum Gasteiger partial charge on any atom is 0.407 e. The van der Waals surface area contributed by atoms with Crippen LogP contribution in [0.4, 0.5) is 9.18 Å². The van der Waals surface area contributed by atoms with E-state index >= 15 is 0 Å². The minimum Gasteiger partial charge on any atom is -0.508 e. The lowest BCUT2D eigenvalue weighted by Gasteiger charge is -2.48. The summed E-state index contributed by atoms with van der Waals surface area (Å²) in [7, 11) is 3.67. The molecule has 1 amide bonds. The first-order valence-electron chi connectivity index (χ1n) is 13.1. The van der Waals surface area contributed by atoms with Crippen LogP contribution in [-0.4, -0.2) is 76.0 Å². The molecule has 0 unspecified atom stereocenters. The average Bonchev–Trinajstić information content (AvgIpc) is 2.91. The third kappa shape index (κ3) is 5.84. The van der Waals surface area contributed by atoms with Crippen LogP contribution in [0.15, 0.2) is 66.7 Å². The van der Waals surface area contributed by atoms with Gasteiger partial charge in [-0.05, 0) is 75.4 Å². The molecule has 0 aromatic heterocycles. The number of phenols is 2. The highest BCUT2D eigenvalue weighted by Crippen LogP contribution is 2.46. The molecule has 0 radical (unpaired) electrons. The molecule has 0 aliphatic carbocycles. The predicted molar refractivity (Wildman–Crippen MR) is 147 cm³/mol. The van der Waals surface area contributed by atoms with Crippen molar-refractivity contribution in [1.29, 1.82) is 0 Å². The molecule has 1 saturated heterocycles. The van der Waals surface area contributed by atoms with Crippen molar-refractivity contribution < 1.29 is 34.1 Å². The summed E-state index contributed by atoms with van der Waals surface area (Å²) in [6.07, 6.45) is -0.993. The number of piperidine rings is 1. The summed E-state index contributed by atoms with van der Waals surface area (Å²) in [6, 6.07) is 15.2. The van der Waals surface area contributed by atoms with Crippen molar-refractivity contribution in [2.45, 2.75) is 25.3 Å². The second-order valence-electron chi connectivity index (χ2n) is 10.5. The lowest BCUT2D eigenvalue weighted by molar-refractivity contribution is 0.0289. The van der Waals surface area contributed by atoms with Crippen LogP contribution in [0.5, 0.6) is 11.5 Å². The number of carboxylic acid groups (broad SMARTS) is 1. The molecule has 4 rings (SSSR count). The largest absolute Gasteiger partial charge is 0.508 e. The number of carbonyl (C=O) groups is 3. The van der Waals surface area contributed by atoms with Crippen LogP contribution in [0.1, 0.15) is 44.2 Å². The van der Waals surface area contributed by atoms with Gasteiger partial charge in [0.1, 0.15) is 17.3 Å². The molecule has 8 nitrogen and oxygen atoms in total. The third-order valence-electron chi connectivity index (χ3n) is 7.72. The number of carbonyl (C=O) groups excluding carboxylic acids is 2. The van der Waals surface area contributed by atoms with E-state index < -0.39 is 47.3 Å². The third-order valence-corrected chi connectivity index (χ3v) is 7.72. The van der Waals surface area contributed by atoms with Gasteiger partial charge in [0.05, 0.1) is 5.92 Å². The Morgan fingerprint density at radius 2 is 1.50 bits per heavy atom. The summed E-state index contributed by atoms with van der Waals surface area (Å²) in [6.45, 7) is 1.82. The van der Waals surface area contributed by atoms with Crippen LogP contribution in [-0.2, 0) is 0 Å². The molecule has 3 N–H and O–H groups in total. The monoisotopic (exact) mass is 548 g/mol. The van der Waals surface area contributed by atoms with E-state index in [0.29, 0.717) is 12.1 Å². The lowest BCUT2D eigenvalue weighted by Crippen LogP contribution is -2.58. The maximum absolute atomic E-state index is 15.0. The van der Waals surface area contributed by atoms with Crippen LogP contribution in [0.2, 0.25) is 0 Å². The van der Waals surface area contributed by atoms with Crippen molar-refractivity contribution in [3.8, 4) is 11.5 Å². The maximum atomic E-state index is 15.0. The van der Waals surface area contributed by atoms with E-state index in [1.807, 2.05) is 19.0 Å². The molecule has 3 aromatic rings. The number of halogens is 1. The summed E-state index contributed by atoms with van der Waals surface area (Å²) < 4.78 is 15.0. The quantitative estimate of drug-likeness (QED) is 0.341. The molecule has 9 heteroatoms. The predicted octanol–water partition coefficient (Wildman–Crippen LogP) is 4.94. The van der Waals surface area contributed by atoms with Gasteiger partial charge in [-0.3, -0.25) is 9.59 Å². The van der Waals surface area contributed by atoms with Gasteiger partial charge in [-0.25, -0.2) is 9.18 Å². The van der Waals surface area contributed by atoms with Crippen LogP contribution >= 0.6 is 0 Å². The summed E-state index contributed by atoms with van der Waals surface area (Å²) in [5, 5.41) is 30.5. The minimum atomic E-state index is -1.28. The summed E-state index contributed by atoms with van der Waals surface area (Å²) in [5.74, 6) is -4.69. The normalized spacial score (nSPS) is 20.9. The van der Waals surface area contributed by atoms with E-state index in [9.17, 15) is 34.1 Å². The van der Waals surface area contributed by atoms with Gasteiger partial charge in [0, 0.05) is 35.5 Å².